The van der Waals surface area contributed by atoms with Crippen LogP contribution in [0, 0.1) is 6.92 Å². The van der Waals surface area contributed by atoms with Gasteiger partial charge in [0.1, 0.15) is 0 Å². The van der Waals surface area contributed by atoms with Crippen molar-refractivity contribution in [3.8, 4) is 11.4 Å². The Hall–Kier alpha value is -2.56. The first-order valence-corrected chi connectivity index (χ1v) is 7.04. The maximum absolute atomic E-state index is 4.15. The standard InChI is InChI=1S/C16H17N5/c1-12-8-14(5-2-4-13-6-3-7-17-11-13)10-15(9-12)16-18-20-21-19-16/h3,6-11H,2,4-5H2,1H3,(H,18,19,20,21). The third kappa shape index (κ3) is 3.51. The summed E-state index contributed by atoms with van der Waals surface area (Å²) >= 11 is 0. The lowest BCUT2D eigenvalue weighted by Crippen LogP contribution is -1.93. The molecule has 0 unspecified atom stereocenters. The van der Waals surface area contributed by atoms with Gasteiger partial charge in [-0.1, -0.05) is 17.7 Å². The minimum Gasteiger partial charge on any atom is -0.264 e. The van der Waals surface area contributed by atoms with Crippen molar-refractivity contribution in [1.82, 2.24) is 25.6 Å². The molecule has 0 bridgehead atoms. The molecule has 0 aliphatic heterocycles. The van der Waals surface area contributed by atoms with Crippen molar-refractivity contribution in [2.75, 3.05) is 0 Å². The molecule has 0 atom stereocenters. The van der Waals surface area contributed by atoms with Gasteiger partial charge in [0.2, 0.25) is 5.82 Å². The van der Waals surface area contributed by atoms with E-state index in [1.54, 1.807) is 6.20 Å². The molecule has 5 heteroatoms. The molecule has 3 aromatic rings. The van der Waals surface area contributed by atoms with Crippen molar-refractivity contribution in [3.05, 3.63) is 59.4 Å². The highest BCUT2D eigenvalue weighted by Gasteiger charge is 2.05. The number of benzene rings is 1. The van der Waals surface area contributed by atoms with Gasteiger partial charge in [0, 0.05) is 18.0 Å². The van der Waals surface area contributed by atoms with Gasteiger partial charge in [0.05, 0.1) is 0 Å². The summed E-state index contributed by atoms with van der Waals surface area (Å²) in [6.07, 6.45) is 6.91. The van der Waals surface area contributed by atoms with Crippen molar-refractivity contribution < 1.29 is 0 Å². The van der Waals surface area contributed by atoms with E-state index in [0.29, 0.717) is 5.82 Å². The zero-order valence-electron chi connectivity index (χ0n) is 12.0. The maximum Gasteiger partial charge on any atom is 0.204 e. The molecule has 2 aromatic heterocycles. The van der Waals surface area contributed by atoms with Gasteiger partial charge in [0.25, 0.3) is 0 Å². The minimum absolute atomic E-state index is 0.646. The molecular formula is C16H17N5. The second-order valence-electron chi connectivity index (χ2n) is 5.16. The van der Waals surface area contributed by atoms with Crippen molar-refractivity contribution in [2.45, 2.75) is 26.2 Å². The van der Waals surface area contributed by atoms with Crippen LogP contribution in [0.1, 0.15) is 23.1 Å². The number of nitrogens with zero attached hydrogens (tertiary/aromatic N) is 4. The van der Waals surface area contributed by atoms with Crippen molar-refractivity contribution in [3.63, 3.8) is 0 Å². The highest BCUT2D eigenvalue weighted by Crippen LogP contribution is 2.19. The third-order valence-corrected chi connectivity index (χ3v) is 3.39. The van der Waals surface area contributed by atoms with Gasteiger partial charge >= 0.3 is 0 Å². The molecule has 0 saturated heterocycles. The fraction of sp³-hybridized carbons (Fsp3) is 0.250. The smallest absolute Gasteiger partial charge is 0.204 e. The fourth-order valence-corrected chi connectivity index (χ4v) is 2.46. The van der Waals surface area contributed by atoms with E-state index < -0.39 is 0 Å². The Morgan fingerprint density at radius 1 is 1.10 bits per heavy atom. The summed E-state index contributed by atoms with van der Waals surface area (Å²) in [5.74, 6) is 0.646. The second kappa shape index (κ2) is 6.26. The van der Waals surface area contributed by atoms with Crippen LogP contribution in [0.2, 0.25) is 0 Å². The average Bonchev–Trinajstić information content (AvgIpc) is 3.02. The van der Waals surface area contributed by atoms with Crippen molar-refractivity contribution >= 4 is 0 Å². The van der Waals surface area contributed by atoms with Gasteiger partial charge in [-0.15, -0.1) is 10.2 Å². The van der Waals surface area contributed by atoms with E-state index in [1.165, 1.54) is 16.7 Å². The first-order chi connectivity index (χ1) is 10.3. The molecule has 0 saturated carbocycles. The van der Waals surface area contributed by atoms with Crippen molar-refractivity contribution in [2.24, 2.45) is 0 Å². The van der Waals surface area contributed by atoms with Gasteiger partial charge in [-0.25, -0.2) is 0 Å². The molecule has 106 valence electrons. The van der Waals surface area contributed by atoms with Crippen LogP contribution in [0.5, 0.6) is 0 Å². The number of aromatic nitrogens is 5. The van der Waals surface area contributed by atoms with E-state index in [9.17, 15) is 0 Å². The first kappa shape index (κ1) is 13.4. The Morgan fingerprint density at radius 2 is 2.00 bits per heavy atom. The van der Waals surface area contributed by atoms with E-state index in [2.05, 4.69) is 56.8 Å². The van der Waals surface area contributed by atoms with Crippen LogP contribution in [0.15, 0.2) is 42.7 Å². The highest BCUT2D eigenvalue weighted by molar-refractivity contribution is 5.56. The summed E-state index contributed by atoms with van der Waals surface area (Å²) in [4.78, 5) is 4.15. The highest BCUT2D eigenvalue weighted by atomic mass is 15.5. The van der Waals surface area contributed by atoms with E-state index in [1.807, 2.05) is 12.3 Å². The molecule has 0 amide bonds. The predicted molar refractivity (Wildman–Crippen MR) is 80.6 cm³/mol. The first-order valence-electron chi connectivity index (χ1n) is 7.04. The number of nitrogens with one attached hydrogen (secondary N) is 1. The lowest BCUT2D eigenvalue weighted by Gasteiger charge is -2.06. The summed E-state index contributed by atoms with van der Waals surface area (Å²) in [5.41, 5.74) is 4.82. The Bertz CT molecular complexity index is 692. The van der Waals surface area contributed by atoms with Crippen LogP contribution in [0.3, 0.4) is 0 Å². The zero-order chi connectivity index (χ0) is 14.5. The number of aryl methyl sites for hydroxylation is 3. The molecule has 21 heavy (non-hydrogen) atoms. The molecule has 0 radical (unpaired) electrons. The van der Waals surface area contributed by atoms with Crippen LogP contribution in [-0.4, -0.2) is 25.6 Å². The summed E-state index contributed by atoms with van der Waals surface area (Å²) in [5, 5.41) is 14.2. The Kier molecular flexibility index (Phi) is 4.00. The molecule has 0 aliphatic carbocycles. The number of hydrogen-bond donors (Lipinski definition) is 1. The monoisotopic (exact) mass is 279 g/mol. The van der Waals surface area contributed by atoms with Gasteiger partial charge < -0.3 is 0 Å². The second-order valence-corrected chi connectivity index (χ2v) is 5.16. The molecule has 1 aromatic carbocycles. The topological polar surface area (TPSA) is 67.3 Å². The lowest BCUT2D eigenvalue weighted by atomic mass is 10.0. The third-order valence-electron chi connectivity index (χ3n) is 3.39. The van der Waals surface area contributed by atoms with E-state index >= 15 is 0 Å². The van der Waals surface area contributed by atoms with Crippen LogP contribution in [0.25, 0.3) is 11.4 Å². The summed E-state index contributed by atoms with van der Waals surface area (Å²) in [6.45, 7) is 2.09. The van der Waals surface area contributed by atoms with Crippen molar-refractivity contribution in [1.29, 1.82) is 0 Å². The molecule has 1 N–H and O–H groups in total. The molecule has 2 heterocycles. The molecule has 5 nitrogen and oxygen atoms in total. The molecular weight excluding hydrogens is 262 g/mol. The quantitative estimate of drug-likeness (QED) is 0.779. The van der Waals surface area contributed by atoms with E-state index in [0.717, 1.165) is 24.8 Å². The van der Waals surface area contributed by atoms with Crippen LogP contribution in [0.4, 0.5) is 0 Å². The SMILES string of the molecule is Cc1cc(CCCc2cccnc2)cc(-c2nn[nH]n2)c1. The van der Waals surface area contributed by atoms with E-state index in [4.69, 9.17) is 0 Å². The van der Waals surface area contributed by atoms with Gasteiger partial charge in [-0.2, -0.15) is 5.21 Å². The number of aromatic amines is 1. The Balaban J connectivity index is 1.68. The minimum atomic E-state index is 0.646. The predicted octanol–water partition coefficient (Wildman–Crippen LogP) is 2.75. The summed E-state index contributed by atoms with van der Waals surface area (Å²) in [7, 11) is 0. The van der Waals surface area contributed by atoms with Gasteiger partial charge in [0.15, 0.2) is 0 Å². The molecule has 0 aliphatic rings. The zero-order valence-corrected chi connectivity index (χ0v) is 12.0. The lowest BCUT2D eigenvalue weighted by molar-refractivity contribution is 0.816. The number of rotatable bonds is 5. The molecule has 0 spiro atoms. The summed E-state index contributed by atoms with van der Waals surface area (Å²) in [6, 6.07) is 10.5. The number of H-pyrrole nitrogens is 1. The van der Waals surface area contributed by atoms with Gasteiger partial charge in [-0.05, 0) is 60.7 Å². The van der Waals surface area contributed by atoms with E-state index in [-0.39, 0.29) is 0 Å². The fourth-order valence-electron chi connectivity index (χ4n) is 2.46. The maximum atomic E-state index is 4.15. The Morgan fingerprint density at radius 3 is 2.76 bits per heavy atom. The summed E-state index contributed by atoms with van der Waals surface area (Å²) < 4.78 is 0. The Labute approximate surface area is 123 Å². The van der Waals surface area contributed by atoms with Crippen LogP contribution >= 0.6 is 0 Å². The normalized spacial score (nSPS) is 10.7. The van der Waals surface area contributed by atoms with Crippen LogP contribution < -0.4 is 0 Å². The van der Waals surface area contributed by atoms with Crippen LogP contribution in [-0.2, 0) is 12.8 Å². The number of hydrogen-bond acceptors (Lipinski definition) is 4. The average molecular weight is 279 g/mol. The van der Waals surface area contributed by atoms with Gasteiger partial charge in [-0.3, -0.25) is 4.98 Å². The number of tetrazole rings is 1. The molecule has 3 rings (SSSR count). The number of pyridine rings is 1. The largest absolute Gasteiger partial charge is 0.264 e. The molecule has 0 fully saturated rings.